The standard InChI is InChI=1S/C47H35NO/c1-29-19-23-32(24-20-29)48-41-16-8-5-12-34(41)38-28-31(22-26-42(38)48)45(36-14-10-18-44-46(36)35-13-6-9-17-43(35)49-44)30-21-25-40-37(27-30)33-11-4-7-15-39(33)47(40,2)3/h4-28,45H,1-3H3. The Labute approximate surface area is 285 Å². The smallest absolute Gasteiger partial charge is 0.135 e. The maximum absolute atomic E-state index is 6.45. The second-order valence-corrected chi connectivity index (χ2v) is 14.2. The fraction of sp³-hybridized carbons (Fsp3) is 0.106. The molecule has 9 aromatic rings. The van der Waals surface area contributed by atoms with Crippen molar-refractivity contribution in [2.75, 3.05) is 0 Å². The normalized spacial score (nSPS) is 14.1. The minimum absolute atomic E-state index is 0.0169. The fourth-order valence-electron chi connectivity index (χ4n) is 8.65. The third-order valence-corrected chi connectivity index (χ3v) is 11.0. The number of para-hydroxylation sites is 2. The van der Waals surface area contributed by atoms with Crippen molar-refractivity contribution in [3.8, 4) is 16.8 Å². The maximum atomic E-state index is 6.45. The summed E-state index contributed by atoms with van der Waals surface area (Å²) in [6, 6.07) is 55.9. The number of rotatable bonds is 4. The van der Waals surface area contributed by atoms with Gasteiger partial charge in [0.15, 0.2) is 0 Å². The largest absolute Gasteiger partial charge is 0.456 e. The van der Waals surface area contributed by atoms with Crippen LogP contribution in [-0.2, 0) is 5.41 Å². The summed E-state index contributed by atoms with van der Waals surface area (Å²) >= 11 is 0. The summed E-state index contributed by atoms with van der Waals surface area (Å²) in [5.41, 5.74) is 15.9. The van der Waals surface area contributed by atoms with Crippen LogP contribution in [0.5, 0.6) is 0 Å². The summed E-state index contributed by atoms with van der Waals surface area (Å²) in [6.07, 6.45) is 0. The predicted octanol–water partition coefficient (Wildman–Crippen LogP) is 12.5. The summed E-state index contributed by atoms with van der Waals surface area (Å²) in [4.78, 5) is 0. The predicted molar refractivity (Wildman–Crippen MR) is 204 cm³/mol. The van der Waals surface area contributed by atoms with Crippen LogP contribution >= 0.6 is 0 Å². The minimum Gasteiger partial charge on any atom is -0.456 e. The molecule has 0 fully saturated rings. The number of hydrogen-bond donors (Lipinski definition) is 0. The Bertz CT molecular complexity index is 2760. The van der Waals surface area contributed by atoms with Crippen LogP contribution in [-0.4, -0.2) is 4.57 Å². The Morgan fingerprint density at radius 2 is 1.20 bits per heavy atom. The molecule has 0 bridgehead atoms. The summed E-state index contributed by atoms with van der Waals surface area (Å²) < 4.78 is 8.85. The monoisotopic (exact) mass is 629 g/mol. The molecule has 1 aliphatic carbocycles. The Hall–Kier alpha value is -5.86. The van der Waals surface area contributed by atoms with Crippen molar-refractivity contribution >= 4 is 43.7 Å². The third-order valence-electron chi connectivity index (χ3n) is 11.0. The molecule has 0 N–H and O–H groups in total. The molecule has 0 aliphatic heterocycles. The Balaban J connectivity index is 1.26. The summed E-state index contributed by atoms with van der Waals surface area (Å²) in [5.74, 6) is -0.0169. The zero-order valence-electron chi connectivity index (χ0n) is 27.9. The number of benzene rings is 7. The van der Waals surface area contributed by atoms with E-state index in [1.165, 1.54) is 77.4 Å². The first-order chi connectivity index (χ1) is 24.0. The number of nitrogens with zero attached hydrogens (tertiary/aromatic N) is 1. The van der Waals surface area contributed by atoms with Gasteiger partial charge in [-0.2, -0.15) is 0 Å². The van der Waals surface area contributed by atoms with Gasteiger partial charge < -0.3 is 8.98 Å². The second kappa shape index (κ2) is 10.3. The first-order valence-corrected chi connectivity index (χ1v) is 17.2. The van der Waals surface area contributed by atoms with Gasteiger partial charge in [-0.3, -0.25) is 0 Å². The molecule has 0 saturated carbocycles. The summed E-state index contributed by atoms with van der Waals surface area (Å²) in [6.45, 7) is 6.85. The van der Waals surface area contributed by atoms with Gasteiger partial charge in [0.2, 0.25) is 0 Å². The van der Waals surface area contributed by atoms with Gasteiger partial charge in [0, 0.05) is 38.6 Å². The van der Waals surface area contributed by atoms with Crippen LogP contribution in [0.15, 0.2) is 156 Å². The van der Waals surface area contributed by atoms with E-state index in [4.69, 9.17) is 4.42 Å². The molecule has 0 spiro atoms. The highest BCUT2D eigenvalue weighted by Crippen LogP contribution is 2.50. The lowest BCUT2D eigenvalue weighted by Gasteiger charge is -2.24. The molecule has 7 aromatic carbocycles. The quantitative estimate of drug-likeness (QED) is 0.177. The number of aromatic nitrogens is 1. The van der Waals surface area contributed by atoms with Crippen LogP contribution in [0.25, 0.3) is 60.6 Å². The van der Waals surface area contributed by atoms with E-state index >= 15 is 0 Å². The molecule has 0 amide bonds. The average molecular weight is 630 g/mol. The van der Waals surface area contributed by atoms with Gasteiger partial charge in [0.05, 0.1) is 11.0 Å². The molecule has 1 aliphatic rings. The molecule has 234 valence electrons. The van der Waals surface area contributed by atoms with Gasteiger partial charge in [-0.05, 0) is 94.4 Å². The second-order valence-electron chi connectivity index (χ2n) is 14.2. The first kappa shape index (κ1) is 28.2. The summed E-state index contributed by atoms with van der Waals surface area (Å²) in [5, 5.41) is 4.86. The maximum Gasteiger partial charge on any atom is 0.135 e. The lowest BCUT2D eigenvalue weighted by molar-refractivity contribution is 0.660. The van der Waals surface area contributed by atoms with Gasteiger partial charge in [-0.1, -0.05) is 123 Å². The molecule has 0 radical (unpaired) electrons. The van der Waals surface area contributed by atoms with Crippen molar-refractivity contribution in [3.63, 3.8) is 0 Å². The van der Waals surface area contributed by atoms with Gasteiger partial charge in [-0.25, -0.2) is 0 Å². The van der Waals surface area contributed by atoms with E-state index in [9.17, 15) is 0 Å². The first-order valence-electron chi connectivity index (χ1n) is 17.2. The Morgan fingerprint density at radius 3 is 2.08 bits per heavy atom. The molecule has 1 unspecified atom stereocenters. The van der Waals surface area contributed by atoms with E-state index < -0.39 is 0 Å². The van der Waals surface area contributed by atoms with Crippen LogP contribution in [0, 0.1) is 6.92 Å². The Morgan fingerprint density at radius 1 is 0.531 bits per heavy atom. The van der Waals surface area contributed by atoms with Crippen molar-refractivity contribution in [2.45, 2.75) is 32.1 Å². The molecule has 49 heavy (non-hydrogen) atoms. The highest BCUT2D eigenvalue weighted by atomic mass is 16.3. The minimum atomic E-state index is -0.0442. The zero-order valence-corrected chi connectivity index (χ0v) is 27.9. The van der Waals surface area contributed by atoms with Crippen LogP contribution in [0.3, 0.4) is 0 Å². The van der Waals surface area contributed by atoms with Crippen LogP contribution in [0.2, 0.25) is 0 Å². The molecule has 2 heterocycles. The molecule has 2 heteroatoms. The van der Waals surface area contributed by atoms with Crippen molar-refractivity contribution in [3.05, 3.63) is 185 Å². The molecular formula is C47H35NO. The van der Waals surface area contributed by atoms with Crippen molar-refractivity contribution in [1.82, 2.24) is 4.57 Å². The summed E-state index contributed by atoms with van der Waals surface area (Å²) in [7, 11) is 0. The van der Waals surface area contributed by atoms with Crippen LogP contribution in [0.1, 0.15) is 53.1 Å². The van der Waals surface area contributed by atoms with Crippen molar-refractivity contribution < 1.29 is 4.42 Å². The average Bonchev–Trinajstić information content (AvgIpc) is 3.75. The molecule has 2 nitrogen and oxygen atoms in total. The Kier molecular flexibility index (Phi) is 5.93. The lowest BCUT2D eigenvalue weighted by atomic mass is 9.79. The molecular weight excluding hydrogens is 595 g/mol. The number of aryl methyl sites for hydroxylation is 1. The van der Waals surface area contributed by atoms with E-state index in [2.05, 4.69) is 177 Å². The topological polar surface area (TPSA) is 18.1 Å². The van der Waals surface area contributed by atoms with E-state index in [0.29, 0.717) is 0 Å². The van der Waals surface area contributed by atoms with Gasteiger partial charge in [0.1, 0.15) is 11.2 Å². The van der Waals surface area contributed by atoms with Gasteiger partial charge in [0.25, 0.3) is 0 Å². The van der Waals surface area contributed by atoms with Gasteiger partial charge >= 0.3 is 0 Å². The van der Waals surface area contributed by atoms with E-state index in [1.54, 1.807) is 0 Å². The number of furan rings is 1. The molecule has 0 saturated heterocycles. The zero-order chi connectivity index (χ0) is 32.9. The highest BCUT2D eigenvalue weighted by molar-refractivity contribution is 6.10. The SMILES string of the molecule is Cc1ccc(-n2c3ccccc3c3cc(C(c4ccc5c(c4)-c4ccccc4C5(C)C)c4cccc5oc6ccccc6c45)ccc32)cc1. The van der Waals surface area contributed by atoms with E-state index in [0.717, 1.165) is 16.6 Å². The van der Waals surface area contributed by atoms with Crippen LogP contribution < -0.4 is 0 Å². The van der Waals surface area contributed by atoms with E-state index in [1.807, 2.05) is 0 Å². The van der Waals surface area contributed by atoms with E-state index in [-0.39, 0.29) is 11.3 Å². The van der Waals surface area contributed by atoms with Gasteiger partial charge in [-0.15, -0.1) is 0 Å². The van der Waals surface area contributed by atoms with Crippen molar-refractivity contribution in [1.29, 1.82) is 0 Å². The molecule has 2 aromatic heterocycles. The molecule has 1 atom stereocenters. The van der Waals surface area contributed by atoms with Crippen LogP contribution in [0.4, 0.5) is 0 Å². The fourth-order valence-corrected chi connectivity index (χ4v) is 8.65. The van der Waals surface area contributed by atoms with Crippen molar-refractivity contribution in [2.24, 2.45) is 0 Å². The third kappa shape index (κ3) is 4.07. The number of fused-ring (bicyclic) bond motifs is 9. The molecule has 10 rings (SSSR count). The highest BCUT2D eigenvalue weighted by Gasteiger charge is 2.36. The number of hydrogen-bond acceptors (Lipinski definition) is 1. The lowest BCUT2D eigenvalue weighted by Crippen LogP contribution is -2.15.